The normalized spacial score (nSPS) is 21.6. The SMILES string of the molecule is CCO[C@@H]1C[C@H]1C(=O)N[C@@H](CC(=O)O)c1ccc(F)cc1. The summed E-state index contributed by atoms with van der Waals surface area (Å²) >= 11 is 0. The minimum absolute atomic E-state index is 0.0753. The first-order chi connectivity index (χ1) is 10.0. The van der Waals surface area contributed by atoms with Gasteiger partial charge in [0.2, 0.25) is 5.91 Å². The van der Waals surface area contributed by atoms with Gasteiger partial charge in [-0.25, -0.2) is 4.39 Å². The summed E-state index contributed by atoms with van der Waals surface area (Å²) in [5.74, 6) is -1.87. The van der Waals surface area contributed by atoms with Crippen molar-refractivity contribution in [2.75, 3.05) is 6.61 Å². The number of nitrogens with one attached hydrogen (secondary N) is 1. The highest BCUT2D eigenvalue weighted by Gasteiger charge is 2.44. The van der Waals surface area contributed by atoms with Gasteiger partial charge in [-0.2, -0.15) is 0 Å². The van der Waals surface area contributed by atoms with Gasteiger partial charge in [-0.05, 0) is 31.0 Å². The third-order valence-electron chi connectivity index (χ3n) is 3.42. The Hall–Kier alpha value is -1.95. The van der Waals surface area contributed by atoms with Crippen LogP contribution in [-0.4, -0.2) is 29.7 Å². The number of hydrogen-bond acceptors (Lipinski definition) is 3. The van der Waals surface area contributed by atoms with E-state index < -0.39 is 17.8 Å². The molecule has 1 fully saturated rings. The van der Waals surface area contributed by atoms with Crippen LogP contribution in [-0.2, 0) is 14.3 Å². The highest BCUT2D eigenvalue weighted by Crippen LogP contribution is 2.34. The minimum Gasteiger partial charge on any atom is -0.481 e. The van der Waals surface area contributed by atoms with Crippen molar-refractivity contribution in [3.63, 3.8) is 0 Å². The average molecular weight is 295 g/mol. The van der Waals surface area contributed by atoms with Crippen molar-refractivity contribution >= 4 is 11.9 Å². The van der Waals surface area contributed by atoms with Crippen LogP contribution in [0.5, 0.6) is 0 Å². The van der Waals surface area contributed by atoms with E-state index in [1.54, 1.807) is 0 Å². The van der Waals surface area contributed by atoms with Crippen molar-refractivity contribution in [3.05, 3.63) is 35.6 Å². The van der Waals surface area contributed by atoms with Crippen LogP contribution in [0, 0.1) is 11.7 Å². The largest absolute Gasteiger partial charge is 0.481 e. The molecule has 0 saturated heterocycles. The Morgan fingerprint density at radius 1 is 1.43 bits per heavy atom. The highest BCUT2D eigenvalue weighted by molar-refractivity contribution is 5.83. The van der Waals surface area contributed by atoms with Crippen molar-refractivity contribution in [1.29, 1.82) is 0 Å². The van der Waals surface area contributed by atoms with Gasteiger partial charge in [0.15, 0.2) is 0 Å². The molecule has 1 aliphatic carbocycles. The van der Waals surface area contributed by atoms with Crippen molar-refractivity contribution < 1.29 is 23.8 Å². The zero-order chi connectivity index (χ0) is 15.4. The zero-order valence-corrected chi connectivity index (χ0v) is 11.7. The number of carbonyl (C=O) groups excluding carboxylic acids is 1. The fraction of sp³-hybridized carbons (Fsp3) is 0.467. The summed E-state index contributed by atoms with van der Waals surface area (Å²) < 4.78 is 18.3. The number of ether oxygens (including phenoxy) is 1. The molecule has 1 saturated carbocycles. The Labute approximate surface area is 122 Å². The first-order valence-electron chi connectivity index (χ1n) is 6.90. The topological polar surface area (TPSA) is 75.6 Å². The first kappa shape index (κ1) is 15.4. The molecule has 0 aromatic heterocycles. The quantitative estimate of drug-likeness (QED) is 0.805. The lowest BCUT2D eigenvalue weighted by Gasteiger charge is -2.17. The lowest BCUT2D eigenvalue weighted by Crippen LogP contribution is -2.32. The number of carbonyl (C=O) groups is 2. The summed E-state index contributed by atoms with van der Waals surface area (Å²) in [6, 6.07) is 4.79. The summed E-state index contributed by atoms with van der Waals surface area (Å²) in [7, 11) is 0. The van der Waals surface area contributed by atoms with E-state index >= 15 is 0 Å². The van der Waals surface area contributed by atoms with Crippen LogP contribution >= 0.6 is 0 Å². The molecule has 1 aromatic carbocycles. The molecule has 2 rings (SSSR count). The Balaban J connectivity index is 2.01. The summed E-state index contributed by atoms with van der Waals surface area (Å²) in [5, 5.41) is 11.7. The molecule has 114 valence electrons. The molecule has 2 N–H and O–H groups in total. The number of rotatable bonds is 7. The predicted molar refractivity (Wildman–Crippen MR) is 73.1 cm³/mol. The lowest BCUT2D eigenvalue weighted by atomic mass is 10.0. The van der Waals surface area contributed by atoms with Crippen LogP contribution < -0.4 is 5.32 Å². The van der Waals surface area contributed by atoms with E-state index in [1.807, 2.05) is 6.92 Å². The molecule has 5 nitrogen and oxygen atoms in total. The number of amides is 1. The molecule has 0 heterocycles. The van der Waals surface area contributed by atoms with Gasteiger partial charge in [0.25, 0.3) is 0 Å². The minimum atomic E-state index is -1.03. The standard InChI is InChI=1S/C15H18FNO4/c1-2-21-13-7-11(13)15(20)17-12(8-14(18)19)9-3-5-10(16)6-4-9/h3-6,11-13H,2,7-8H2,1H3,(H,17,20)(H,18,19)/t11-,12+,13-/m1/s1. The predicted octanol–water partition coefficient (Wildman–Crippen LogP) is 1.88. The molecule has 0 radical (unpaired) electrons. The Morgan fingerprint density at radius 3 is 2.67 bits per heavy atom. The van der Waals surface area contributed by atoms with Gasteiger partial charge in [0.1, 0.15) is 5.82 Å². The molecular formula is C15H18FNO4. The number of carboxylic acids is 1. The van der Waals surface area contributed by atoms with Gasteiger partial charge in [0.05, 0.1) is 24.5 Å². The molecule has 1 amide bonds. The van der Waals surface area contributed by atoms with Crippen molar-refractivity contribution in [3.8, 4) is 0 Å². The summed E-state index contributed by atoms with van der Waals surface area (Å²) in [6.07, 6.45) is 0.334. The molecule has 3 atom stereocenters. The van der Waals surface area contributed by atoms with Crippen LogP contribution in [0.4, 0.5) is 4.39 Å². The lowest BCUT2D eigenvalue weighted by molar-refractivity contribution is -0.137. The van der Waals surface area contributed by atoms with Gasteiger partial charge >= 0.3 is 5.97 Å². The second-order valence-electron chi connectivity index (χ2n) is 5.05. The van der Waals surface area contributed by atoms with Crippen LogP contribution in [0.3, 0.4) is 0 Å². The smallest absolute Gasteiger partial charge is 0.305 e. The number of carboxylic acid groups (broad SMARTS) is 1. The van der Waals surface area contributed by atoms with Gasteiger partial charge in [0, 0.05) is 6.61 Å². The maximum atomic E-state index is 12.9. The van der Waals surface area contributed by atoms with E-state index in [2.05, 4.69) is 5.32 Å². The first-order valence-corrected chi connectivity index (χ1v) is 6.90. The summed E-state index contributed by atoms with van der Waals surface area (Å²) in [6.45, 7) is 2.41. The molecule has 6 heteroatoms. The van der Waals surface area contributed by atoms with Crippen LogP contribution in [0.2, 0.25) is 0 Å². The number of benzene rings is 1. The molecule has 1 aromatic rings. The monoisotopic (exact) mass is 295 g/mol. The molecule has 0 unspecified atom stereocenters. The van der Waals surface area contributed by atoms with Gasteiger partial charge < -0.3 is 15.2 Å². The fourth-order valence-electron chi connectivity index (χ4n) is 2.25. The Bertz CT molecular complexity index is 517. The van der Waals surface area contributed by atoms with Crippen LogP contribution in [0.15, 0.2) is 24.3 Å². The maximum Gasteiger partial charge on any atom is 0.305 e. The van der Waals surface area contributed by atoms with Gasteiger partial charge in [-0.15, -0.1) is 0 Å². The van der Waals surface area contributed by atoms with E-state index in [9.17, 15) is 14.0 Å². The fourth-order valence-corrected chi connectivity index (χ4v) is 2.25. The van der Waals surface area contributed by atoms with Crippen LogP contribution in [0.1, 0.15) is 31.4 Å². The summed E-state index contributed by atoms with van der Waals surface area (Å²) in [5.41, 5.74) is 0.570. The third-order valence-corrected chi connectivity index (χ3v) is 3.42. The van der Waals surface area contributed by atoms with E-state index in [1.165, 1.54) is 24.3 Å². The van der Waals surface area contributed by atoms with Gasteiger partial charge in [-0.1, -0.05) is 12.1 Å². The van der Waals surface area contributed by atoms with Crippen molar-refractivity contribution in [1.82, 2.24) is 5.32 Å². The maximum absolute atomic E-state index is 12.9. The number of hydrogen-bond donors (Lipinski definition) is 2. The number of halogens is 1. The van der Waals surface area contributed by atoms with Crippen molar-refractivity contribution in [2.24, 2.45) is 5.92 Å². The molecule has 21 heavy (non-hydrogen) atoms. The summed E-state index contributed by atoms with van der Waals surface area (Å²) in [4.78, 5) is 23.0. The van der Waals surface area contributed by atoms with E-state index in [-0.39, 0.29) is 24.3 Å². The zero-order valence-electron chi connectivity index (χ0n) is 11.7. The van der Waals surface area contributed by atoms with E-state index in [0.29, 0.717) is 18.6 Å². The average Bonchev–Trinajstić information content (AvgIpc) is 3.18. The highest BCUT2D eigenvalue weighted by atomic mass is 19.1. The number of aliphatic carboxylic acids is 1. The molecule has 0 spiro atoms. The van der Waals surface area contributed by atoms with E-state index in [0.717, 1.165) is 0 Å². The van der Waals surface area contributed by atoms with Crippen LogP contribution in [0.25, 0.3) is 0 Å². The van der Waals surface area contributed by atoms with Crippen molar-refractivity contribution in [2.45, 2.75) is 31.9 Å². The molecule has 0 aliphatic heterocycles. The molecular weight excluding hydrogens is 277 g/mol. The third kappa shape index (κ3) is 4.26. The Kier molecular flexibility index (Phi) is 4.90. The molecule has 1 aliphatic rings. The molecule has 0 bridgehead atoms. The van der Waals surface area contributed by atoms with E-state index in [4.69, 9.17) is 9.84 Å². The second-order valence-corrected chi connectivity index (χ2v) is 5.05. The second kappa shape index (κ2) is 6.67. The van der Waals surface area contributed by atoms with Gasteiger partial charge in [-0.3, -0.25) is 9.59 Å². The Morgan fingerprint density at radius 2 is 2.10 bits per heavy atom.